The Morgan fingerprint density at radius 1 is 1.71 bits per heavy atom. The first-order valence-corrected chi connectivity index (χ1v) is 6.21. The number of amides is 1. The first-order valence-electron chi connectivity index (χ1n) is 5.08. The molecule has 0 aromatic heterocycles. The van der Waals surface area contributed by atoms with Gasteiger partial charge in [0, 0.05) is 11.9 Å². The van der Waals surface area contributed by atoms with Crippen molar-refractivity contribution in [3.05, 3.63) is 0 Å². The fourth-order valence-corrected chi connectivity index (χ4v) is 1.70. The molecule has 0 aromatic rings. The van der Waals surface area contributed by atoms with E-state index in [0.717, 1.165) is 18.3 Å². The third kappa shape index (κ3) is 3.58. The molecule has 1 saturated heterocycles. The van der Waals surface area contributed by atoms with Gasteiger partial charge in [0.15, 0.2) is 0 Å². The number of alkyl halides is 1. The van der Waals surface area contributed by atoms with Crippen LogP contribution >= 0.6 is 15.9 Å². The summed E-state index contributed by atoms with van der Waals surface area (Å²) >= 11 is 3.38. The molecule has 1 aliphatic rings. The van der Waals surface area contributed by atoms with E-state index in [2.05, 4.69) is 28.2 Å². The lowest BCUT2D eigenvalue weighted by Crippen LogP contribution is -2.34. The Bertz CT molecular complexity index is 199. The zero-order chi connectivity index (χ0) is 10.6. The van der Waals surface area contributed by atoms with Gasteiger partial charge in [0.2, 0.25) is 5.91 Å². The summed E-state index contributed by atoms with van der Waals surface area (Å²) in [5, 5.41) is 3.87. The van der Waals surface area contributed by atoms with Crippen LogP contribution in [0.4, 0.5) is 0 Å². The highest BCUT2D eigenvalue weighted by Crippen LogP contribution is 2.18. The maximum atomic E-state index is 11.6. The van der Waals surface area contributed by atoms with E-state index in [0.29, 0.717) is 12.5 Å². The van der Waals surface area contributed by atoms with Gasteiger partial charge in [-0.1, -0.05) is 22.9 Å². The van der Waals surface area contributed by atoms with Gasteiger partial charge in [0.05, 0.1) is 18.6 Å². The summed E-state index contributed by atoms with van der Waals surface area (Å²) in [4.78, 5) is 11.6. The maximum absolute atomic E-state index is 11.6. The molecule has 0 aliphatic carbocycles. The van der Waals surface area contributed by atoms with Gasteiger partial charge < -0.3 is 10.1 Å². The molecule has 0 aromatic carbocycles. The molecule has 3 unspecified atom stereocenters. The van der Waals surface area contributed by atoms with Crippen molar-refractivity contribution in [2.75, 3.05) is 18.5 Å². The minimum absolute atomic E-state index is 0.0625. The van der Waals surface area contributed by atoms with Gasteiger partial charge >= 0.3 is 0 Å². The molecule has 0 bridgehead atoms. The smallest absolute Gasteiger partial charge is 0.225 e. The van der Waals surface area contributed by atoms with E-state index in [1.165, 1.54) is 0 Å². The van der Waals surface area contributed by atoms with E-state index in [1.54, 1.807) is 0 Å². The Morgan fingerprint density at radius 3 is 2.93 bits per heavy atom. The molecule has 1 fully saturated rings. The number of halogens is 1. The number of carbonyl (C=O) groups excluding carboxylic acids is 1. The van der Waals surface area contributed by atoms with Gasteiger partial charge in [-0.25, -0.2) is 0 Å². The fraction of sp³-hybridized carbons (Fsp3) is 0.900. The lowest BCUT2D eigenvalue weighted by Gasteiger charge is -2.12. The molecule has 0 saturated carbocycles. The predicted molar refractivity (Wildman–Crippen MR) is 59.5 cm³/mol. The number of nitrogens with one attached hydrogen (secondary N) is 1. The van der Waals surface area contributed by atoms with E-state index < -0.39 is 0 Å². The normalized spacial score (nSPS) is 28.8. The number of hydrogen-bond donors (Lipinski definition) is 1. The Hall–Kier alpha value is -0.0900. The monoisotopic (exact) mass is 263 g/mol. The molecule has 82 valence electrons. The van der Waals surface area contributed by atoms with Gasteiger partial charge in [0.1, 0.15) is 0 Å². The standard InChI is InChI=1S/C10H18BrNO2/c1-7(4-11)5-12-10(13)9-3-8(2)14-6-9/h7-9H,3-6H2,1-2H3,(H,12,13). The van der Waals surface area contributed by atoms with E-state index >= 15 is 0 Å². The molecule has 1 N–H and O–H groups in total. The van der Waals surface area contributed by atoms with Gasteiger partial charge in [-0.15, -0.1) is 0 Å². The number of rotatable bonds is 4. The van der Waals surface area contributed by atoms with Crippen LogP contribution < -0.4 is 5.32 Å². The van der Waals surface area contributed by atoms with Crippen LogP contribution in [0.15, 0.2) is 0 Å². The molecule has 4 heteroatoms. The van der Waals surface area contributed by atoms with Crippen molar-refractivity contribution < 1.29 is 9.53 Å². The molecule has 0 spiro atoms. The van der Waals surface area contributed by atoms with Crippen molar-refractivity contribution in [3.8, 4) is 0 Å². The average Bonchev–Trinajstić information content (AvgIpc) is 2.60. The maximum Gasteiger partial charge on any atom is 0.225 e. The number of carbonyl (C=O) groups is 1. The minimum Gasteiger partial charge on any atom is -0.378 e. The first kappa shape index (κ1) is 12.0. The van der Waals surface area contributed by atoms with Crippen LogP contribution in [0.3, 0.4) is 0 Å². The molecule has 14 heavy (non-hydrogen) atoms. The predicted octanol–water partition coefficient (Wildman–Crippen LogP) is 1.56. The molecule has 1 heterocycles. The molecule has 0 radical (unpaired) electrons. The van der Waals surface area contributed by atoms with E-state index in [1.807, 2.05) is 6.92 Å². The summed E-state index contributed by atoms with van der Waals surface area (Å²) in [6.45, 7) is 5.43. The zero-order valence-electron chi connectivity index (χ0n) is 8.75. The van der Waals surface area contributed by atoms with Crippen LogP contribution in [0, 0.1) is 11.8 Å². The average molecular weight is 264 g/mol. The highest BCUT2D eigenvalue weighted by molar-refractivity contribution is 9.09. The largest absolute Gasteiger partial charge is 0.378 e. The minimum atomic E-state index is 0.0625. The zero-order valence-corrected chi connectivity index (χ0v) is 10.3. The Kier molecular flexibility index (Phi) is 4.89. The highest BCUT2D eigenvalue weighted by atomic mass is 79.9. The summed E-state index contributed by atoms with van der Waals surface area (Å²) in [6, 6.07) is 0. The van der Waals surface area contributed by atoms with Crippen molar-refractivity contribution in [2.45, 2.75) is 26.4 Å². The van der Waals surface area contributed by atoms with Crippen LogP contribution in [-0.2, 0) is 9.53 Å². The first-order chi connectivity index (χ1) is 6.63. The van der Waals surface area contributed by atoms with Crippen LogP contribution in [-0.4, -0.2) is 30.5 Å². The van der Waals surface area contributed by atoms with Gasteiger partial charge in [0.25, 0.3) is 0 Å². The van der Waals surface area contributed by atoms with Crippen molar-refractivity contribution in [2.24, 2.45) is 11.8 Å². The molecular formula is C10H18BrNO2. The molecular weight excluding hydrogens is 246 g/mol. The van der Waals surface area contributed by atoms with Gasteiger partial charge in [-0.2, -0.15) is 0 Å². The summed E-state index contributed by atoms with van der Waals surface area (Å²) in [5.41, 5.74) is 0. The SMILES string of the molecule is CC(CBr)CNC(=O)C1COC(C)C1. The molecule has 1 aliphatic heterocycles. The quantitative estimate of drug-likeness (QED) is 0.782. The number of ether oxygens (including phenoxy) is 1. The van der Waals surface area contributed by atoms with Gasteiger partial charge in [-0.3, -0.25) is 4.79 Å². The highest BCUT2D eigenvalue weighted by Gasteiger charge is 2.27. The van der Waals surface area contributed by atoms with Crippen LogP contribution in [0.1, 0.15) is 20.3 Å². The molecule has 1 rings (SSSR count). The fourth-order valence-electron chi connectivity index (χ4n) is 1.47. The lowest BCUT2D eigenvalue weighted by molar-refractivity contribution is -0.125. The molecule has 3 nitrogen and oxygen atoms in total. The molecule has 1 amide bonds. The van der Waals surface area contributed by atoms with E-state index in [4.69, 9.17) is 4.74 Å². The third-order valence-electron chi connectivity index (χ3n) is 2.46. The topological polar surface area (TPSA) is 38.3 Å². The van der Waals surface area contributed by atoms with Crippen LogP contribution in [0.2, 0.25) is 0 Å². The van der Waals surface area contributed by atoms with Crippen molar-refractivity contribution >= 4 is 21.8 Å². The second kappa shape index (κ2) is 5.71. The Labute approximate surface area is 93.7 Å². The second-order valence-electron chi connectivity index (χ2n) is 4.08. The summed E-state index contributed by atoms with van der Waals surface area (Å²) in [5.74, 6) is 0.688. The summed E-state index contributed by atoms with van der Waals surface area (Å²) in [7, 11) is 0. The van der Waals surface area contributed by atoms with Crippen molar-refractivity contribution in [1.29, 1.82) is 0 Å². The van der Waals surface area contributed by atoms with Crippen molar-refractivity contribution in [3.63, 3.8) is 0 Å². The second-order valence-corrected chi connectivity index (χ2v) is 4.73. The van der Waals surface area contributed by atoms with Crippen molar-refractivity contribution in [1.82, 2.24) is 5.32 Å². The van der Waals surface area contributed by atoms with E-state index in [-0.39, 0.29) is 17.9 Å². The van der Waals surface area contributed by atoms with Crippen LogP contribution in [0.5, 0.6) is 0 Å². The molecule has 3 atom stereocenters. The summed E-state index contributed by atoms with van der Waals surface area (Å²) in [6.07, 6.45) is 1.09. The van der Waals surface area contributed by atoms with Crippen LogP contribution in [0.25, 0.3) is 0 Å². The Morgan fingerprint density at radius 2 is 2.43 bits per heavy atom. The Balaban J connectivity index is 2.22. The lowest BCUT2D eigenvalue weighted by atomic mass is 10.1. The van der Waals surface area contributed by atoms with E-state index in [9.17, 15) is 4.79 Å². The number of hydrogen-bond acceptors (Lipinski definition) is 2. The third-order valence-corrected chi connectivity index (χ3v) is 3.56. The van der Waals surface area contributed by atoms with Gasteiger partial charge in [-0.05, 0) is 19.3 Å². The summed E-state index contributed by atoms with van der Waals surface area (Å²) < 4.78 is 5.35.